The number of allylic oxidation sites excluding steroid dienone is 6. The lowest BCUT2D eigenvalue weighted by Gasteiger charge is -2.72. The van der Waals surface area contributed by atoms with Gasteiger partial charge in [-0.05, 0) is 11.1 Å². The molecule has 2 aromatic rings. The van der Waals surface area contributed by atoms with Crippen molar-refractivity contribution in [3.8, 4) is 0 Å². The molecule has 0 radical (unpaired) electrons. The molecule has 3 heterocycles. The van der Waals surface area contributed by atoms with Crippen LogP contribution in [0.15, 0.2) is 70.3 Å². The summed E-state index contributed by atoms with van der Waals surface area (Å²) >= 11 is 0. The summed E-state index contributed by atoms with van der Waals surface area (Å²) in [6.45, 7) is 0. The van der Waals surface area contributed by atoms with Gasteiger partial charge in [-0.15, -0.1) is 0 Å². The Morgan fingerprint density at radius 2 is 1.23 bits per heavy atom. The van der Waals surface area contributed by atoms with Gasteiger partial charge in [-0.1, -0.05) is 60.7 Å². The fourth-order valence-corrected chi connectivity index (χ4v) is 6.81. The third kappa shape index (κ3) is 0.972. The minimum absolute atomic E-state index is 0.121. The molecule has 4 bridgehead atoms. The number of aromatic nitrogens is 3. The highest BCUT2D eigenvalue weighted by molar-refractivity contribution is 5.60. The van der Waals surface area contributed by atoms with Crippen LogP contribution in [0.25, 0.3) is 0 Å². The van der Waals surface area contributed by atoms with E-state index < -0.39 is 0 Å². The van der Waals surface area contributed by atoms with Gasteiger partial charge in [0.1, 0.15) is 0 Å². The second-order valence-electron chi connectivity index (χ2n) is 8.26. The molecule has 26 heavy (non-hydrogen) atoms. The van der Waals surface area contributed by atoms with Crippen molar-refractivity contribution in [1.29, 1.82) is 0 Å². The summed E-state index contributed by atoms with van der Waals surface area (Å²) in [6, 6.07) is 8.43. The highest BCUT2D eigenvalue weighted by Crippen LogP contribution is 2.80. The minimum Gasteiger partial charge on any atom is -0.246 e. The molecule has 5 aliphatic carbocycles. The van der Waals surface area contributed by atoms with E-state index in [-0.39, 0.29) is 46.1 Å². The molecule has 6 atom stereocenters. The van der Waals surface area contributed by atoms with E-state index in [2.05, 4.69) is 60.7 Å². The topological polar surface area (TPSA) is 48.9 Å². The van der Waals surface area contributed by atoms with Gasteiger partial charge in [-0.2, -0.15) is 0 Å². The Kier molecular flexibility index (Phi) is 1.88. The first-order chi connectivity index (χ1) is 12.6. The Bertz CT molecular complexity index is 1150. The third-order valence-corrected chi connectivity index (χ3v) is 7.76. The lowest BCUT2D eigenvalue weighted by Crippen LogP contribution is -2.70. The SMILES string of the molecule is Cn1c(=O)n2n(c1=O)[C@@H]1C=C[C@@H]2[C@@]23C=C[C@@]12[C@@H]1C=C[C@@H]3c2ccccc21. The predicted octanol–water partition coefficient (Wildman–Crippen LogP) is 2.01. The molecule has 5 nitrogen and oxygen atoms in total. The molecule has 5 heteroatoms. The van der Waals surface area contributed by atoms with E-state index in [1.807, 2.05) is 0 Å². The Balaban J connectivity index is 1.64. The summed E-state index contributed by atoms with van der Waals surface area (Å²) in [5, 5.41) is 0. The average molecular weight is 343 g/mol. The molecule has 1 aromatic carbocycles. The largest absolute Gasteiger partial charge is 0.347 e. The molecule has 9 rings (SSSR count). The van der Waals surface area contributed by atoms with Gasteiger partial charge in [0.2, 0.25) is 0 Å². The Hall–Kier alpha value is -2.82. The van der Waals surface area contributed by atoms with Crippen molar-refractivity contribution in [2.45, 2.75) is 23.9 Å². The van der Waals surface area contributed by atoms with Gasteiger partial charge in [0, 0.05) is 29.7 Å². The van der Waals surface area contributed by atoms with Gasteiger partial charge < -0.3 is 0 Å². The van der Waals surface area contributed by atoms with Crippen LogP contribution in [0, 0.1) is 10.8 Å². The predicted molar refractivity (Wildman–Crippen MR) is 96.2 cm³/mol. The van der Waals surface area contributed by atoms with E-state index in [4.69, 9.17) is 0 Å². The van der Waals surface area contributed by atoms with Crippen LogP contribution < -0.4 is 11.4 Å². The smallest absolute Gasteiger partial charge is 0.246 e. The first kappa shape index (κ1) is 13.4. The number of nitrogens with zero attached hydrogens (tertiary/aromatic N) is 3. The van der Waals surface area contributed by atoms with Crippen molar-refractivity contribution in [1.82, 2.24) is 13.9 Å². The van der Waals surface area contributed by atoms with E-state index in [0.717, 1.165) is 0 Å². The Morgan fingerprint density at radius 3 is 1.65 bits per heavy atom. The minimum atomic E-state index is -0.212. The summed E-state index contributed by atoms with van der Waals surface area (Å²) in [7, 11) is 1.58. The molecule has 0 amide bonds. The van der Waals surface area contributed by atoms with Crippen molar-refractivity contribution in [3.63, 3.8) is 0 Å². The maximum absolute atomic E-state index is 12.9. The lowest BCUT2D eigenvalue weighted by atomic mass is 9.33. The second kappa shape index (κ2) is 3.65. The van der Waals surface area contributed by atoms with Crippen LogP contribution in [-0.2, 0) is 7.05 Å². The molecule has 0 saturated carbocycles. The Labute approximate surface area is 149 Å². The van der Waals surface area contributed by atoms with Gasteiger partial charge in [-0.25, -0.2) is 23.5 Å². The standard InChI is InChI=1S/C21H17N3O2/c1-22-18(25)23-16-8-9-17(24(23)19(22)26)21-11-10-20(16,21)14-6-7-15(21)13-5-3-2-4-12(13)14/h2-11,14-17H,1H3/t14-,15-,16-,17-,20-,21+/m1/s1. The highest BCUT2D eigenvalue weighted by Gasteiger charge is 2.75. The number of hydrogen-bond acceptors (Lipinski definition) is 2. The quantitative estimate of drug-likeness (QED) is 0.687. The van der Waals surface area contributed by atoms with Crippen molar-refractivity contribution in [2.24, 2.45) is 17.9 Å². The van der Waals surface area contributed by atoms with E-state index in [9.17, 15) is 9.59 Å². The molecule has 7 aliphatic rings. The summed E-state index contributed by atoms with van der Waals surface area (Å²) in [4.78, 5) is 25.7. The van der Waals surface area contributed by atoms with Gasteiger partial charge in [0.05, 0.1) is 12.1 Å². The highest BCUT2D eigenvalue weighted by atomic mass is 16.2. The number of rotatable bonds is 0. The van der Waals surface area contributed by atoms with Gasteiger partial charge in [-0.3, -0.25) is 0 Å². The van der Waals surface area contributed by atoms with Crippen LogP contribution in [-0.4, -0.2) is 13.9 Å². The van der Waals surface area contributed by atoms with Gasteiger partial charge in [0.15, 0.2) is 0 Å². The first-order valence-electron chi connectivity index (χ1n) is 9.19. The zero-order valence-corrected chi connectivity index (χ0v) is 14.2. The van der Waals surface area contributed by atoms with Crippen molar-refractivity contribution in [3.05, 3.63) is 92.8 Å². The molecular formula is C21H17N3O2. The van der Waals surface area contributed by atoms with E-state index in [0.29, 0.717) is 0 Å². The van der Waals surface area contributed by atoms with Crippen molar-refractivity contribution < 1.29 is 0 Å². The van der Waals surface area contributed by atoms with E-state index in [1.54, 1.807) is 16.4 Å². The molecule has 2 aliphatic heterocycles. The lowest BCUT2D eigenvalue weighted by molar-refractivity contribution is -0.0843. The van der Waals surface area contributed by atoms with Crippen LogP contribution in [0.4, 0.5) is 0 Å². The van der Waals surface area contributed by atoms with Crippen molar-refractivity contribution >= 4 is 0 Å². The van der Waals surface area contributed by atoms with Crippen LogP contribution in [0.1, 0.15) is 35.0 Å². The monoisotopic (exact) mass is 343 g/mol. The molecule has 0 saturated heterocycles. The fraction of sp³-hybridized carbons (Fsp3) is 0.333. The van der Waals surface area contributed by atoms with Gasteiger partial charge >= 0.3 is 11.4 Å². The van der Waals surface area contributed by atoms with Crippen LogP contribution in [0.2, 0.25) is 0 Å². The molecule has 0 spiro atoms. The molecule has 0 unspecified atom stereocenters. The zero-order chi connectivity index (χ0) is 17.4. The van der Waals surface area contributed by atoms with E-state index >= 15 is 0 Å². The molecule has 128 valence electrons. The van der Waals surface area contributed by atoms with E-state index in [1.165, 1.54) is 15.7 Å². The van der Waals surface area contributed by atoms with Crippen LogP contribution in [0.3, 0.4) is 0 Å². The van der Waals surface area contributed by atoms with Crippen LogP contribution >= 0.6 is 0 Å². The maximum atomic E-state index is 12.9. The fourth-order valence-electron chi connectivity index (χ4n) is 6.81. The maximum Gasteiger partial charge on any atom is 0.347 e. The number of benzene rings is 1. The normalized spacial score (nSPS) is 41.4. The summed E-state index contributed by atoms with van der Waals surface area (Å²) in [6.07, 6.45) is 13.6. The summed E-state index contributed by atoms with van der Waals surface area (Å²) in [5.41, 5.74) is 2.01. The summed E-state index contributed by atoms with van der Waals surface area (Å²) in [5.74, 6) is 0.476. The average Bonchev–Trinajstić information content (AvgIpc) is 2.89. The third-order valence-electron chi connectivity index (χ3n) is 7.76. The van der Waals surface area contributed by atoms with Crippen LogP contribution in [0.5, 0.6) is 0 Å². The molecular weight excluding hydrogens is 326 g/mol. The first-order valence-corrected chi connectivity index (χ1v) is 9.19. The molecule has 0 N–H and O–H groups in total. The zero-order valence-electron chi connectivity index (χ0n) is 14.2. The number of hydrogen-bond donors (Lipinski definition) is 0. The Morgan fingerprint density at radius 1 is 0.769 bits per heavy atom. The molecule has 1 aromatic heterocycles. The van der Waals surface area contributed by atoms with Crippen molar-refractivity contribution in [2.75, 3.05) is 0 Å². The second-order valence-corrected chi connectivity index (χ2v) is 8.26. The summed E-state index contributed by atoms with van der Waals surface area (Å²) < 4.78 is 4.68. The van der Waals surface area contributed by atoms with Gasteiger partial charge in [0.25, 0.3) is 0 Å². The molecule has 0 fully saturated rings.